The number of pyridine rings is 3. The van der Waals surface area contributed by atoms with E-state index < -0.39 is 18.0 Å². The number of aromatic nitrogens is 3. The first-order valence-electron chi connectivity index (χ1n) is 10.2. The van der Waals surface area contributed by atoms with Gasteiger partial charge in [-0.05, 0) is 37.5 Å². The van der Waals surface area contributed by atoms with E-state index in [1.807, 2.05) is 13.8 Å². The second-order valence-electron chi connectivity index (χ2n) is 7.96. The summed E-state index contributed by atoms with van der Waals surface area (Å²) >= 11 is 0. The number of hydrogen-bond donors (Lipinski definition) is 1. The molecule has 3 heterocycles. The van der Waals surface area contributed by atoms with Crippen molar-refractivity contribution in [2.75, 3.05) is 5.32 Å². The van der Waals surface area contributed by atoms with Crippen LogP contribution in [0.2, 0.25) is 0 Å². The number of halogens is 1. The summed E-state index contributed by atoms with van der Waals surface area (Å²) in [5.41, 5.74) is 2.63. The maximum absolute atomic E-state index is 13.1. The van der Waals surface area contributed by atoms with Crippen molar-refractivity contribution in [2.24, 2.45) is 13.0 Å². The molecule has 3 aromatic heterocycles. The van der Waals surface area contributed by atoms with Gasteiger partial charge in [0.05, 0.1) is 11.4 Å². The van der Waals surface area contributed by atoms with E-state index in [0.29, 0.717) is 34.1 Å². The molecule has 3 aromatic rings. The van der Waals surface area contributed by atoms with Gasteiger partial charge in [0.25, 0.3) is 5.56 Å². The van der Waals surface area contributed by atoms with Gasteiger partial charge in [0.1, 0.15) is 17.7 Å². The van der Waals surface area contributed by atoms with Crippen LogP contribution in [0.1, 0.15) is 42.2 Å². The largest absolute Gasteiger partial charge is 0.311 e. The normalized spacial score (nSPS) is 17.5. The first-order chi connectivity index (χ1) is 14.8. The predicted molar refractivity (Wildman–Crippen MR) is 116 cm³/mol. The van der Waals surface area contributed by atoms with Crippen LogP contribution < -0.4 is 10.9 Å². The number of carbonyl (C=O) groups excluding carboxylic acids is 2. The van der Waals surface area contributed by atoms with Crippen molar-refractivity contribution in [3.05, 3.63) is 52.2 Å². The van der Waals surface area contributed by atoms with Gasteiger partial charge in [-0.2, -0.15) is 0 Å². The average molecular weight is 422 g/mol. The van der Waals surface area contributed by atoms with Gasteiger partial charge in [-0.3, -0.25) is 19.4 Å². The SMILES string of the molecule is CCCC(=O)c1cc(C)c(-c2cc3cnc(NC(=O)[C@H]4C[C@H]4F)cc3n(C)c2=O)cn1. The van der Waals surface area contributed by atoms with Gasteiger partial charge >= 0.3 is 0 Å². The molecule has 8 heteroatoms. The molecule has 1 fully saturated rings. The highest BCUT2D eigenvalue weighted by atomic mass is 19.1. The van der Waals surface area contributed by atoms with Crippen molar-refractivity contribution in [2.45, 2.75) is 39.3 Å². The van der Waals surface area contributed by atoms with Crippen LogP contribution in [0.15, 0.2) is 35.4 Å². The highest BCUT2D eigenvalue weighted by Gasteiger charge is 2.43. The number of ketones is 1. The third-order valence-corrected chi connectivity index (χ3v) is 5.57. The molecule has 1 aliphatic carbocycles. The summed E-state index contributed by atoms with van der Waals surface area (Å²) in [5, 5.41) is 3.31. The Morgan fingerprint density at radius 1 is 1.19 bits per heavy atom. The average Bonchev–Trinajstić information content (AvgIpc) is 3.48. The number of carbonyl (C=O) groups is 2. The quantitative estimate of drug-likeness (QED) is 0.613. The van der Waals surface area contributed by atoms with Crippen molar-refractivity contribution in [1.29, 1.82) is 0 Å². The minimum Gasteiger partial charge on any atom is -0.311 e. The van der Waals surface area contributed by atoms with Crippen LogP contribution in [0.3, 0.4) is 0 Å². The fraction of sp³-hybridized carbons (Fsp3) is 0.348. The van der Waals surface area contributed by atoms with Crippen molar-refractivity contribution in [3.63, 3.8) is 0 Å². The van der Waals surface area contributed by atoms with Gasteiger partial charge in [-0.25, -0.2) is 9.37 Å². The zero-order valence-corrected chi connectivity index (χ0v) is 17.6. The lowest BCUT2D eigenvalue weighted by atomic mass is 10.0. The van der Waals surface area contributed by atoms with E-state index in [-0.39, 0.29) is 23.6 Å². The van der Waals surface area contributed by atoms with E-state index in [1.165, 1.54) is 4.57 Å². The summed E-state index contributed by atoms with van der Waals surface area (Å²) in [4.78, 5) is 45.7. The van der Waals surface area contributed by atoms with Crippen molar-refractivity contribution in [3.8, 4) is 11.1 Å². The van der Waals surface area contributed by atoms with Gasteiger partial charge in [0.2, 0.25) is 5.91 Å². The van der Waals surface area contributed by atoms with Crippen LogP contribution in [0.25, 0.3) is 22.0 Å². The van der Waals surface area contributed by atoms with Crippen LogP contribution in [0.5, 0.6) is 0 Å². The molecule has 0 bridgehead atoms. The summed E-state index contributed by atoms with van der Waals surface area (Å²) < 4.78 is 14.6. The van der Waals surface area contributed by atoms with Crippen molar-refractivity contribution < 1.29 is 14.0 Å². The molecule has 0 radical (unpaired) electrons. The van der Waals surface area contributed by atoms with Gasteiger partial charge < -0.3 is 9.88 Å². The summed E-state index contributed by atoms with van der Waals surface area (Å²) in [7, 11) is 1.64. The first-order valence-corrected chi connectivity index (χ1v) is 10.2. The number of nitrogens with zero attached hydrogens (tertiary/aromatic N) is 3. The maximum atomic E-state index is 13.1. The molecule has 0 aromatic carbocycles. The van der Waals surface area contributed by atoms with Crippen LogP contribution >= 0.6 is 0 Å². The fourth-order valence-electron chi connectivity index (χ4n) is 3.63. The molecule has 2 atom stereocenters. The molecule has 0 aliphatic heterocycles. The smallest absolute Gasteiger partial charge is 0.258 e. The Balaban J connectivity index is 1.71. The topological polar surface area (TPSA) is 94.0 Å². The van der Waals surface area contributed by atoms with E-state index in [2.05, 4.69) is 15.3 Å². The number of amides is 1. The highest BCUT2D eigenvalue weighted by molar-refractivity contribution is 5.96. The lowest BCUT2D eigenvalue weighted by Gasteiger charge is -2.12. The Hall–Kier alpha value is -3.42. The van der Waals surface area contributed by atoms with E-state index in [9.17, 15) is 18.8 Å². The second-order valence-corrected chi connectivity index (χ2v) is 7.96. The Kier molecular flexibility index (Phi) is 5.39. The van der Waals surface area contributed by atoms with Crippen LogP contribution in [-0.4, -0.2) is 32.4 Å². The van der Waals surface area contributed by atoms with Crippen LogP contribution in [0, 0.1) is 12.8 Å². The maximum Gasteiger partial charge on any atom is 0.258 e. The monoisotopic (exact) mass is 422 g/mol. The number of hydrogen-bond acceptors (Lipinski definition) is 5. The van der Waals surface area contributed by atoms with Crippen molar-refractivity contribution >= 4 is 28.4 Å². The molecule has 1 amide bonds. The second kappa shape index (κ2) is 8.02. The standard InChI is InChI=1S/C23H23FN4O3/c1-4-5-20(29)18-6-12(2)16(11-25-18)14-7-13-10-26-21(9-19(13)28(3)23(14)31)27-22(30)15-8-17(15)24/h6-7,9-11,15,17H,4-5,8H2,1-3H3,(H,26,27,30)/t15-,17+/m0/s1. The minimum atomic E-state index is -1.09. The number of aryl methyl sites for hydroxylation is 2. The van der Waals surface area contributed by atoms with Crippen molar-refractivity contribution in [1.82, 2.24) is 14.5 Å². The molecule has 4 rings (SSSR count). The van der Waals surface area contributed by atoms with Gasteiger partial charge in [-0.15, -0.1) is 0 Å². The summed E-state index contributed by atoms with van der Waals surface area (Å²) in [6, 6.07) is 5.04. The van der Waals surface area contributed by atoms with E-state index >= 15 is 0 Å². The van der Waals surface area contributed by atoms with Crippen LogP contribution in [-0.2, 0) is 11.8 Å². The lowest BCUT2D eigenvalue weighted by molar-refractivity contribution is -0.117. The Bertz CT molecular complexity index is 1270. The third kappa shape index (κ3) is 3.97. The first kappa shape index (κ1) is 20.8. The van der Waals surface area contributed by atoms with E-state index in [1.54, 1.807) is 37.6 Å². The molecule has 1 N–H and O–H groups in total. The molecule has 160 valence electrons. The highest BCUT2D eigenvalue weighted by Crippen LogP contribution is 2.34. The predicted octanol–water partition coefficient (Wildman–Crippen LogP) is 3.58. The number of rotatable bonds is 6. The van der Waals surface area contributed by atoms with Gasteiger partial charge in [0, 0.05) is 48.4 Å². The summed E-state index contributed by atoms with van der Waals surface area (Å²) in [5.74, 6) is -0.768. The molecule has 7 nitrogen and oxygen atoms in total. The number of nitrogens with one attached hydrogen (secondary N) is 1. The van der Waals surface area contributed by atoms with E-state index in [4.69, 9.17) is 0 Å². The fourth-order valence-corrected chi connectivity index (χ4v) is 3.63. The molecular formula is C23H23FN4O3. The third-order valence-electron chi connectivity index (χ3n) is 5.57. The van der Waals surface area contributed by atoms with Crippen LogP contribution in [0.4, 0.5) is 10.2 Å². The number of fused-ring (bicyclic) bond motifs is 1. The molecular weight excluding hydrogens is 399 g/mol. The van der Waals surface area contributed by atoms with Gasteiger partial charge in [-0.1, -0.05) is 6.92 Å². The Morgan fingerprint density at radius 2 is 1.94 bits per heavy atom. The zero-order chi connectivity index (χ0) is 22.3. The zero-order valence-electron chi connectivity index (χ0n) is 17.6. The molecule has 1 saturated carbocycles. The Morgan fingerprint density at radius 3 is 2.58 bits per heavy atom. The molecule has 1 aliphatic rings. The number of anilines is 1. The molecule has 0 unspecified atom stereocenters. The lowest BCUT2D eigenvalue weighted by Crippen LogP contribution is -2.20. The number of Topliss-reactive ketones (excluding diaryl/α,β-unsaturated/α-hetero) is 1. The molecule has 0 spiro atoms. The molecule has 0 saturated heterocycles. The summed E-state index contributed by atoms with van der Waals surface area (Å²) in [6.45, 7) is 3.78. The van der Waals surface area contributed by atoms with E-state index in [0.717, 1.165) is 12.0 Å². The number of alkyl halides is 1. The molecule has 31 heavy (non-hydrogen) atoms. The Labute approximate surface area is 178 Å². The minimum absolute atomic E-state index is 0.0207. The van der Waals surface area contributed by atoms with Gasteiger partial charge in [0.15, 0.2) is 5.78 Å². The summed E-state index contributed by atoms with van der Waals surface area (Å²) in [6.07, 6.45) is 3.45.